The second-order valence-electron chi connectivity index (χ2n) is 5.66. The monoisotopic (exact) mass is 380 g/mol. The van der Waals surface area contributed by atoms with Crippen LogP contribution in [0.15, 0.2) is 14.7 Å². The summed E-state index contributed by atoms with van der Waals surface area (Å²) in [5.41, 5.74) is 0.168. The number of hydrogen-bond acceptors (Lipinski definition) is 4. The predicted molar refractivity (Wildman–Crippen MR) is 86.5 cm³/mol. The molecule has 7 heteroatoms. The van der Waals surface area contributed by atoms with Gasteiger partial charge in [0.05, 0.1) is 3.79 Å². The molecule has 0 atom stereocenters. The zero-order chi connectivity index (χ0) is 14.8. The van der Waals surface area contributed by atoms with Crippen LogP contribution in [0.2, 0.25) is 0 Å². The van der Waals surface area contributed by atoms with Crippen LogP contribution in [-0.2, 0) is 16.6 Å². The van der Waals surface area contributed by atoms with Crippen LogP contribution >= 0.6 is 27.3 Å². The standard InChI is InChI=1S/C13H21BrN2O2S2/c1-3-6-15-8-10-7-11(12(14)19-10)20(17,18)16-9-13(2)4-5-13/h7,15-16H,3-6,8-9H2,1-2H3. The van der Waals surface area contributed by atoms with Gasteiger partial charge in [0.25, 0.3) is 0 Å². The number of thiophene rings is 1. The number of nitrogens with one attached hydrogen (secondary N) is 2. The summed E-state index contributed by atoms with van der Waals surface area (Å²) in [4.78, 5) is 1.39. The van der Waals surface area contributed by atoms with E-state index in [2.05, 4.69) is 39.8 Å². The summed E-state index contributed by atoms with van der Waals surface area (Å²) in [6.07, 6.45) is 3.27. The molecule has 1 heterocycles. The normalized spacial score (nSPS) is 17.4. The van der Waals surface area contributed by atoms with Crippen LogP contribution in [0.4, 0.5) is 0 Å². The topological polar surface area (TPSA) is 58.2 Å². The molecule has 0 radical (unpaired) electrons. The fourth-order valence-electron chi connectivity index (χ4n) is 1.79. The Balaban J connectivity index is 2.02. The highest BCUT2D eigenvalue weighted by Gasteiger charge is 2.38. The molecule has 0 bridgehead atoms. The molecular weight excluding hydrogens is 360 g/mol. The van der Waals surface area contributed by atoms with Crippen molar-refractivity contribution in [3.05, 3.63) is 14.7 Å². The van der Waals surface area contributed by atoms with Crippen LogP contribution in [0, 0.1) is 5.41 Å². The molecule has 1 aliphatic carbocycles. The first-order valence-electron chi connectivity index (χ1n) is 6.85. The Morgan fingerprint density at radius 1 is 1.45 bits per heavy atom. The van der Waals surface area contributed by atoms with Gasteiger partial charge in [0.2, 0.25) is 10.0 Å². The molecule has 114 valence electrons. The minimum atomic E-state index is -3.41. The Morgan fingerprint density at radius 3 is 2.75 bits per heavy atom. The van der Waals surface area contributed by atoms with Gasteiger partial charge in [0.15, 0.2) is 0 Å². The van der Waals surface area contributed by atoms with Crippen LogP contribution < -0.4 is 10.0 Å². The molecule has 1 aromatic heterocycles. The van der Waals surface area contributed by atoms with Crippen molar-refractivity contribution in [1.82, 2.24) is 10.0 Å². The van der Waals surface area contributed by atoms with E-state index < -0.39 is 10.0 Å². The fourth-order valence-corrected chi connectivity index (χ4v) is 5.64. The Kier molecular flexibility index (Phi) is 5.29. The molecule has 1 aliphatic rings. The Bertz CT molecular complexity index is 565. The summed E-state index contributed by atoms with van der Waals surface area (Å²) in [6.45, 7) is 6.40. The van der Waals surface area contributed by atoms with E-state index >= 15 is 0 Å². The van der Waals surface area contributed by atoms with Gasteiger partial charge >= 0.3 is 0 Å². The van der Waals surface area contributed by atoms with E-state index in [-0.39, 0.29) is 5.41 Å². The van der Waals surface area contributed by atoms with Crippen molar-refractivity contribution in [2.24, 2.45) is 5.41 Å². The van der Waals surface area contributed by atoms with Crippen LogP contribution in [0.3, 0.4) is 0 Å². The third kappa shape index (κ3) is 4.27. The molecule has 1 aromatic rings. The van der Waals surface area contributed by atoms with Gasteiger partial charge in [-0.2, -0.15) is 0 Å². The van der Waals surface area contributed by atoms with E-state index in [1.807, 2.05) is 0 Å². The highest BCUT2D eigenvalue weighted by Crippen LogP contribution is 2.44. The van der Waals surface area contributed by atoms with E-state index in [1.165, 1.54) is 11.3 Å². The van der Waals surface area contributed by atoms with Crippen LogP contribution in [-0.4, -0.2) is 21.5 Å². The summed E-state index contributed by atoms with van der Waals surface area (Å²) in [6, 6.07) is 1.76. The van der Waals surface area contributed by atoms with Crippen LogP contribution in [0.1, 0.15) is 38.0 Å². The highest BCUT2D eigenvalue weighted by molar-refractivity contribution is 9.11. The molecule has 0 aromatic carbocycles. The zero-order valence-electron chi connectivity index (χ0n) is 11.8. The minimum absolute atomic E-state index is 0.168. The van der Waals surface area contributed by atoms with E-state index in [9.17, 15) is 8.42 Å². The molecule has 20 heavy (non-hydrogen) atoms. The summed E-state index contributed by atoms with van der Waals surface area (Å²) in [5.74, 6) is 0. The summed E-state index contributed by atoms with van der Waals surface area (Å²) >= 11 is 4.85. The molecule has 0 saturated heterocycles. The van der Waals surface area contributed by atoms with Gasteiger partial charge in [-0.05, 0) is 53.2 Å². The smallest absolute Gasteiger partial charge is 0.242 e. The van der Waals surface area contributed by atoms with E-state index in [4.69, 9.17) is 0 Å². The average Bonchev–Trinajstić information content (AvgIpc) is 3.00. The second kappa shape index (κ2) is 6.44. The van der Waals surface area contributed by atoms with Crippen molar-refractivity contribution in [3.63, 3.8) is 0 Å². The van der Waals surface area contributed by atoms with E-state index in [1.54, 1.807) is 6.07 Å². The Hall–Kier alpha value is 0.0500. The van der Waals surface area contributed by atoms with Crippen molar-refractivity contribution in [3.8, 4) is 0 Å². The summed E-state index contributed by atoms with van der Waals surface area (Å²) < 4.78 is 28.0. The molecule has 4 nitrogen and oxygen atoms in total. The lowest BCUT2D eigenvalue weighted by Gasteiger charge is -2.10. The number of rotatable bonds is 8. The van der Waals surface area contributed by atoms with Crippen molar-refractivity contribution in [1.29, 1.82) is 0 Å². The quantitative estimate of drug-likeness (QED) is 0.681. The van der Waals surface area contributed by atoms with Gasteiger partial charge < -0.3 is 5.32 Å². The molecule has 0 aliphatic heterocycles. The average molecular weight is 381 g/mol. The maximum atomic E-state index is 12.3. The molecular formula is C13H21BrN2O2S2. The largest absolute Gasteiger partial charge is 0.312 e. The van der Waals surface area contributed by atoms with Gasteiger partial charge in [0, 0.05) is 18.0 Å². The molecule has 0 spiro atoms. The molecule has 2 N–H and O–H groups in total. The maximum absolute atomic E-state index is 12.3. The Labute approximate surface area is 133 Å². The molecule has 0 amide bonds. The first kappa shape index (κ1) is 16.4. The number of halogens is 1. The first-order valence-corrected chi connectivity index (χ1v) is 9.94. The molecule has 2 rings (SSSR count). The van der Waals surface area contributed by atoms with Gasteiger partial charge in [-0.15, -0.1) is 11.3 Å². The lowest BCUT2D eigenvalue weighted by molar-refractivity contribution is 0.530. The van der Waals surface area contributed by atoms with Gasteiger partial charge in [-0.3, -0.25) is 0 Å². The predicted octanol–water partition coefficient (Wildman–Crippen LogP) is 3.09. The SMILES string of the molecule is CCCNCc1cc(S(=O)(=O)NCC2(C)CC2)c(Br)s1. The second-order valence-corrected chi connectivity index (χ2v) is 9.85. The van der Waals surface area contributed by atoms with Gasteiger partial charge in [-0.25, -0.2) is 13.1 Å². The molecule has 0 unspecified atom stereocenters. The number of sulfonamides is 1. The lowest BCUT2D eigenvalue weighted by Crippen LogP contribution is -2.29. The first-order chi connectivity index (χ1) is 9.36. The lowest BCUT2D eigenvalue weighted by atomic mass is 10.2. The third-order valence-electron chi connectivity index (χ3n) is 3.51. The van der Waals surface area contributed by atoms with Gasteiger partial charge in [-0.1, -0.05) is 13.8 Å². The van der Waals surface area contributed by atoms with Crippen molar-refractivity contribution < 1.29 is 8.42 Å². The molecule has 1 fully saturated rings. The van der Waals surface area contributed by atoms with E-state index in [0.717, 1.165) is 30.7 Å². The van der Waals surface area contributed by atoms with Crippen LogP contribution in [0.25, 0.3) is 0 Å². The maximum Gasteiger partial charge on any atom is 0.242 e. The van der Waals surface area contributed by atoms with Crippen molar-refractivity contribution >= 4 is 37.3 Å². The number of hydrogen-bond donors (Lipinski definition) is 2. The van der Waals surface area contributed by atoms with Crippen molar-refractivity contribution in [2.45, 2.75) is 44.6 Å². The Morgan fingerprint density at radius 2 is 2.15 bits per heavy atom. The molecule has 1 saturated carbocycles. The zero-order valence-corrected chi connectivity index (χ0v) is 15.0. The third-order valence-corrected chi connectivity index (χ3v) is 7.17. The van der Waals surface area contributed by atoms with E-state index in [0.29, 0.717) is 21.8 Å². The van der Waals surface area contributed by atoms with Gasteiger partial charge in [0.1, 0.15) is 4.90 Å². The summed E-state index contributed by atoms with van der Waals surface area (Å²) in [7, 11) is -3.41. The highest BCUT2D eigenvalue weighted by atomic mass is 79.9. The minimum Gasteiger partial charge on any atom is -0.312 e. The van der Waals surface area contributed by atoms with Crippen LogP contribution in [0.5, 0.6) is 0 Å². The summed E-state index contributed by atoms with van der Waals surface area (Å²) in [5, 5.41) is 3.28. The van der Waals surface area contributed by atoms with Crippen molar-refractivity contribution in [2.75, 3.05) is 13.1 Å². The fraction of sp³-hybridized carbons (Fsp3) is 0.692.